The Morgan fingerprint density at radius 2 is 2.12 bits per heavy atom. The van der Waals surface area contributed by atoms with Crippen molar-refractivity contribution in [3.05, 3.63) is 47.0 Å². The summed E-state index contributed by atoms with van der Waals surface area (Å²) in [5.74, 6) is 0. The van der Waals surface area contributed by atoms with Crippen LogP contribution in [0.5, 0.6) is 0 Å². The van der Waals surface area contributed by atoms with Crippen molar-refractivity contribution in [2.45, 2.75) is 13.5 Å². The molecule has 0 aliphatic heterocycles. The largest absolute Gasteiger partial charge is 0.334 e. The number of rotatable bonds is 3. The van der Waals surface area contributed by atoms with Gasteiger partial charge in [0.25, 0.3) is 0 Å². The fraction of sp³-hybridized carbons (Fsp3) is 0.167. The van der Waals surface area contributed by atoms with Gasteiger partial charge in [-0.2, -0.15) is 0 Å². The average Bonchev–Trinajstić information content (AvgIpc) is 2.73. The molecule has 1 aromatic heterocycles. The average molecular weight is 247 g/mol. The van der Waals surface area contributed by atoms with Crippen LogP contribution in [0.1, 0.15) is 10.4 Å². The Labute approximate surface area is 104 Å². The van der Waals surface area contributed by atoms with Crippen LogP contribution in [0.25, 0.3) is 0 Å². The van der Waals surface area contributed by atoms with E-state index in [2.05, 4.69) is 15.6 Å². The Bertz CT molecular complexity index is 495. The van der Waals surface area contributed by atoms with Crippen LogP contribution in [0.15, 0.2) is 36.5 Å². The van der Waals surface area contributed by atoms with Crippen LogP contribution < -0.4 is 10.6 Å². The number of aryl methyl sites for hydroxylation is 1. The number of thiazole rings is 1. The second kappa shape index (κ2) is 5.45. The Hall–Kier alpha value is -1.88. The molecule has 2 N–H and O–H groups in total. The van der Waals surface area contributed by atoms with E-state index in [9.17, 15) is 4.79 Å². The number of amides is 2. The zero-order chi connectivity index (χ0) is 12.1. The first kappa shape index (κ1) is 11.6. The van der Waals surface area contributed by atoms with Gasteiger partial charge in [0, 0.05) is 17.6 Å². The van der Waals surface area contributed by atoms with E-state index in [-0.39, 0.29) is 6.03 Å². The normalized spacial score (nSPS) is 9.94. The number of urea groups is 1. The van der Waals surface area contributed by atoms with Gasteiger partial charge in [0.1, 0.15) is 0 Å². The first-order chi connectivity index (χ1) is 8.24. The predicted molar refractivity (Wildman–Crippen MR) is 69.2 cm³/mol. The maximum Gasteiger partial charge on any atom is 0.321 e. The lowest BCUT2D eigenvalue weighted by Gasteiger charge is -2.04. The highest BCUT2D eigenvalue weighted by atomic mass is 32.1. The van der Waals surface area contributed by atoms with Crippen LogP contribution in [0.3, 0.4) is 0 Å². The fourth-order valence-electron chi connectivity index (χ4n) is 1.33. The third-order valence-corrected chi connectivity index (χ3v) is 2.97. The van der Waals surface area contributed by atoms with Gasteiger partial charge in [-0.1, -0.05) is 30.3 Å². The Morgan fingerprint density at radius 1 is 1.35 bits per heavy atom. The third kappa shape index (κ3) is 3.57. The Morgan fingerprint density at radius 3 is 2.76 bits per heavy atom. The van der Waals surface area contributed by atoms with Gasteiger partial charge >= 0.3 is 6.03 Å². The molecule has 0 aliphatic carbocycles. The van der Waals surface area contributed by atoms with Crippen LogP contribution in [0.2, 0.25) is 0 Å². The molecule has 0 atom stereocenters. The molecule has 1 aromatic carbocycles. The monoisotopic (exact) mass is 247 g/mol. The number of carbonyl (C=O) groups is 1. The van der Waals surface area contributed by atoms with E-state index in [4.69, 9.17) is 0 Å². The summed E-state index contributed by atoms with van der Waals surface area (Å²) in [5, 5.41) is 6.08. The Balaban J connectivity index is 1.82. The van der Waals surface area contributed by atoms with E-state index in [0.717, 1.165) is 10.4 Å². The van der Waals surface area contributed by atoms with Gasteiger partial charge in [0.2, 0.25) is 0 Å². The number of benzene rings is 1. The van der Waals surface area contributed by atoms with E-state index in [1.807, 2.05) is 37.3 Å². The van der Waals surface area contributed by atoms with E-state index in [1.54, 1.807) is 6.20 Å². The molecule has 2 aromatic rings. The van der Waals surface area contributed by atoms with Crippen molar-refractivity contribution < 1.29 is 4.79 Å². The molecule has 0 bridgehead atoms. The molecule has 88 valence electrons. The quantitative estimate of drug-likeness (QED) is 0.876. The topological polar surface area (TPSA) is 54.0 Å². The summed E-state index contributed by atoms with van der Waals surface area (Å²) < 4.78 is 0. The van der Waals surface area contributed by atoms with Crippen molar-refractivity contribution in [1.82, 2.24) is 10.3 Å². The minimum Gasteiger partial charge on any atom is -0.334 e. The molecule has 0 aliphatic rings. The smallest absolute Gasteiger partial charge is 0.321 e. The second-order valence-corrected chi connectivity index (χ2v) is 4.80. The number of aromatic nitrogens is 1. The molecular formula is C12H13N3OS. The van der Waals surface area contributed by atoms with Crippen LogP contribution in [-0.4, -0.2) is 11.0 Å². The van der Waals surface area contributed by atoms with Crippen LogP contribution in [-0.2, 0) is 6.54 Å². The van der Waals surface area contributed by atoms with Crippen molar-refractivity contribution >= 4 is 22.5 Å². The van der Waals surface area contributed by atoms with Crippen molar-refractivity contribution in [2.75, 3.05) is 5.32 Å². The summed E-state index contributed by atoms with van der Waals surface area (Å²) >= 11 is 1.45. The molecule has 5 heteroatoms. The molecule has 0 fully saturated rings. The molecule has 17 heavy (non-hydrogen) atoms. The van der Waals surface area contributed by atoms with E-state index in [0.29, 0.717) is 11.7 Å². The molecule has 1 heterocycles. The molecular weight excluding hydrogens is 234 g/mol. The maximum atomic E-state index is 11.5. The highest BCUT2D eigenvalue weighted by molar-refractivity contribution is 7.15. The maximum absolute atomic E-state index is 11.5. The summed E-state index contributed by atoms with van der Waals surface area (Å²) in [6, 6.07) is 9.53. The number of hydrogen-bond acceptors (Lipinski definition) is 3. The zero-order valence-electron chi connectivity index (χ0n) is 9.43. The van der Waals surface area contributed by atoms with E-state index < -0.39 is 0 Å². The summed E-state index contributed by atoms with van der Waals surface area (Å²) in [5.41, 5.74) is 1.07. The number of anilines is 1. The third-order valence-electron chi connectivity index (χ3n) is 2.14. The van der Waals surface area contributed by atoms with Gasteiger partial charge < -0.3 is 5.32 Å². The molecule has 0 unspecified atom stereocenters. The fourth-order valence-corrected chi connectivity index (χ4v) is 1.99. The van der Waals surface area contributed by atoms with Crippen LogP contribution in [0.4, 0.5) is 9.93 Å². The Kier molecular flexibility index (Phi) is 3.72. The predicted octanol–water partition coefficient (Wildman–Crippen LogP) is 2.77. The lowest BCUT2D eigenvalue weighted by molar-refractivity contribution is 0.251. The minimum absolute atomic E-state index is 0.233. The summed E-state index contributed by atoms with van der Waals surface area (Å²) in [6.45, 7) is 2.46. The lowest BCUT2D eigenvalue weighted by atomic mass is 10.2. The highest BCUT2D eigenvalue weighted by Crippen LogP contribution is 2.15. The van der Waals surface area contributed by atoms with Gasteiger partial charge in [-0.05, 0) is 12.5 Å². The summed E-state index contributed by atoms with van der Waals surface area (Å²) in [7, 11) is 0. The number of carbonyl (C=O) groups excluding carboxylic acids is 1. The van der Waals surface area contributed by atoms with E-state index in [1.165, 1.54) is 11.3 Å². The molecule has 4 nitrogen and oxygen atoms in total. The van der Waals surface area contributed by atoms with Crippen molar-refractivity contribution in [1.29, 1.82) is 0 Å². The van der Waals surface area contributed by atoms with Gasteiger partial charge in [0.15, 0.2) is 5.13 Å². The van der Waals surface area contributed by atoms with Gasteiger partial charge in [-0.15, -0.1) is 11.3 Å². The number of nitrogens with zero attached hydrogens (tertiary/aromatic N) is 1. The van der Waals surface area contributed by atoms with Crippen LogP contribution in [0, 0.1) is 6.92 Å². The molecule has 0 spiro atoms. The molecule has 0 saturated heterocycles. The van der Waals surface area contributed by atoms with Crippen molar-refractivity contribution in [2.24, 2.45) is 0 Å². The SMILES string of the molecule is Cc1cnc(NC(=O)NCc2ccccc2)s1. The number of hydrogen-bond donors (Lipinski definition) is 2. The first-order valence-corrected chi connectivity index (χ1v) is 6.07. The second-order valence-electron chi connectivity index (χ2n) is 3.57. The van der Waals surface area contributed by atoms with Crippen molar-refractivity contribution in [3.8, 4) is 0 Å². The first-order valence-electron chi connectivity index (χ1n) is 5.25. The highest BCUT2D eigenvalue weighted by Gasteiger charge is 2.04. The molecule has 0 saturated carbocycles. The molecule has 2 amide bonds. The standard InChI is InChI=1S/C12H13N3OS/c1-9-7-14-12(17-9)15-11(16)13-8-10-5-3-2-4-6-10/h2-7H,8H2,1H3,(H2,13,14,15,16). The summed E-state index contributed by atoms with van der Waals surface area (Å²) in [6.07, 6.45) is 1.73. The zero-order valence-corrected chi connectivity index (χ0v) is 10.3. The van der Waals surface area contributed by atoms with Crippen molar-refractivity contribution in [3.63, 3.8) is 0 Å². The van der Waals surface area contributed by atoms with E-state index >= 15 is 0 Å². The summed E-state index contributed by atoms with van der Waals surface area (Å²) in [4.78, 5) is 16.7. The van der Waals surface area contributed by atoms with Gasteiger partial charge in [-0.3, -0.25) is 5.32 Å². The lowest BCUT2D eigenvalue weighted by Crippen LogP contribution is -2.28. The minimum atomic E-state index is -0.233. The molecule has 0 radical (unpaired) electrons. The van der Waals surface area contributed by atoms with Gasteiger partial charge in [0.05, 0.1) is 0 Å². The number of nitrogens with one attached hydrogen (secondary N) is 2. The van der Waals surface area contributed by atoms with Gasteiger partial charge in [-0.25, -0.2) is 9.78 Å². The molecule has 2 rings (SSSR count). The van der Waals surface area contributed by atoms with Crippen LogP contribution >= 0.6 is 11.3 Å².